The molecule has 140 valence electrons. The standard InChI is InChI=1S/C18H22FN3O3S/c1-12(2)17(18(23)21-13(3)15-9-6-7-11-20-15)22-26(24,25)16-10-5-4-8-14(16)19/h4-13,17,22H,1-3H3,(H,21,23). The molecule has 0 aliphatic rings. The lowest BCUT2D eigenvalue weighted by molar-refractivity contribution is -0.124. The van der Waals surface area contributed by atoms with E-state index in [1.165, 1.54) is 12.1 Å². The maximum Gasteiger partial charge on any atom is 0.244 e. The van der Waals surface area contributed by atoms with Crippen LogP contribution in [0.25, 0.3) is 0 Å². The topological polar surface area (TPSA) is 88.2 Å². The Hall–Kier alpha value is -2.32. The monoisotopic (exact) mass is 379 g/mol. The van der Waals surface area contributed by atoms with E-state index in [-0.39, 0.29) is 5.92 Å². The van der Waals surface area contributed by atoms with Crippen molar-refractivity contribution in [3.63, 3.8) is 0 Å². The van der Waals surface area contributed by atoms with Crippen molar-refractivity contribution in [1.29, 1.82) is 0 Å². The number of pyridine rings is 1. The Morgan fingerprint density at radius 3 is 2.31 bits per heavy atom. The van der Waals surface area contributed by atoms with Crippen molar-refractivity contribution < 1.29 is 17.6 Å². The fourth-order valence-corrected chi connectivity index (χ4v) is 3.82. The van der Waals surface area contributed by atoms with Gasteiger partial charge in [-0.05, 0) is 37.1 Å². The van der Waals surface area contributed by atoms with E-state index in [2.05, 4.69) is 15.0 Å². The second kappa shape index (κ2) is 8.37. The SMILES string of the molecule is CC(NC(=O)C(NS(=O)(=O)c1ccccc1F)C(C)C)c1ccccn1. The zero-order chi connectivity index (χ0) is 19.3. The average molecular weight is 379 g/mol. The predicted octanol–water partition coefficient (Wildman–Crippen LogP) is 2.40. The summed E-state index contributed by atoms with van der Waals surface area (Å²) < 4.78 is 41.1. The maximum absolute atomic E-state index is 13.8. The fraction of sp³-hybridized carbons (Fsp3) is 0.333. The van der Waals surface area contributed by atoms with Crippen molar-refractivity contribution in [1.82, 2.24) is 15.0 Å². The summed E-state index contributed by atoms with van der Waals surface area (Å²) in [7, 11) is -4.18. The van der Waals surface area contributed by atoms with Gasteiger partial charge in [0.15, 0.2) is 0 Å². The van der Waals surface area contributed by atoms with E-state index in [9.17, 15) is 17.6 Å². The molecule has 2 atom stereocenters. The van der Waals surface area contributed by atoms with E-state index in [1.54, 1.807) is 45.2 Å². The Balaban J connectivity index is 2.18. The molecule has 1 heterocycles. The first-order valence-corrected chi connectivity index (χ1v) is 9.69. The zero-order valence-electron chi connectivity index (χ0n) is 14.8. The number of halogens is 1. The number of hydrogen-bond donors (Lipinski definition) is 2. The molecule has 26 heavy (non-hydrogen) atoms. The van der Waals surface area contributed by atoms with Crippen LogP contribution in [-0.2, 0) is 14.8 Å². The molecule has 2 unspecified atom stereocenters. The molecule has 8 heteroatoms. The number of nitrogens with zero attached hydrogens (tertiary/aromatic N) is 1. The molecule has 0 fully saturated rings. The highest BCUT2D eigenvalue weighted by Gasteiger charge is 2.30. The first-order valence-electron chi connectivity index (χ1n) is 8.20. The van der Waals surface area contributed by atoms with Crippen LogP contribution < -0.4 is 10.0 Å². The highest BCUT2D eigenvalue weighted by Crippen LogP contribution is 2.16. The molecular weight excluding hydrogens is 357 g/mol. The molecule has 0 bridgehead atoms. The van der Waals surface area contributed by atoms with E-state index in [0.717, 1.165) is 12.1 Å². The third-order valence-corrected chi connectivity index (χ3v) is 5.32. The van der Waals surface area contributed by atoms with Gasteiger partial charge in [0.2, 0.25) is 15.9 Å². The Morgan fingerprint density at radius 2 is 1.73 bits per heavy atom. The zero-order valence-corrected chi connectivity index (χ0v) is 15.6. The first kappa shape index (κ1) is 20.0. The van der Waals surface area contributed by atoms with Crippen molar-refractivity contribution in [2.45, 2.75) is 37.8 Å². The van der Waals surface area contributed by atoms with Crippen molar-refractivity contribution in [3.05, 3.63) is 60.2 Å². The van der Waals surface area contributed by atoms with Gasteiger partial charge in [-0.1, -0.05) is 32.0 Å². The summed E-state index contributed by atoms with van der Waals surface area (Å²) in [4.78, 5) is 16.3. The van der Waals surface area contributed by atoms with Gasteiger partial charge in [-0.25, -0.2) is 12.8 Å². The summed E-state index contributed by atoms with van der Waals surface area (Å²) in [5.74, 6) is -1.71. The molecule has 1 aromatic carbocycles. The summed E-state index contributed by atoms with van der Waals surface area (Å²) in [6.07, 6.45) is 1.61. The second-order valence-electron chi connectivity index (χ2n) is 6.26. The molecule has 2 rings (SSSR count). The number of aromatic nitrogens is 1. The Kier molecular flexibility index (Phi) is 6.44. The summed E-state index contributed by atoms with van der Waals surface area (Å²) in [6.45, 7) is 5.17. The highest BCUT2D eigenvalue weighted by atomic mass is 32.2. The van der Waals surface area contributed by atoms with E-state index in [1.807, 2.05) is 0 Å². The number of benzene rings is 1. The molecule has 0 radical (unpaired) electrons. The molecule has 6 nitrogen and oxygen atoms in total. The molecule has 2 N–H and O–H groups in total. The molecule has 0 spiro atoms. The number of hydrogen-bond acceptors (Lipinski definition) is 4. The van der Waals surface area contributed by atoms with Gasteiger partial charge in [-0.2, -0.15) is 4.72 Å². The van der Waals surface area contributed by atoms with Crippen LogP contribution in [0, 0.1) is 11.7 Å². The lowest BCUT2D eigenvalue weighted by atomic mass is 10.0. The molecule has 0 saturated heterocycles. The van der Waals surface area contributed by atoms with Crippen LogP contribution in [0.4, 0.5) is 4.39 Å². The molecule has 2 aromatic rings. The highest BCUT2D eigenvalue weighted by molar-refractivity contribution is 7.89. The predicted molar refractivity (Wildman–Crippen MR) is 96.1 cm³/mol. The van der Waals surface area contributed by atoms with Crippen LogP contribution in [0.1, 0.15) is 32.5 Å². The smallest absolute Gasteiger partial charge is 0.244 e. The summed E-state index contributed by atoms with van der Waals surface area (Å²) in [5, 5.41) is 2.74. The average Bonchev–Trinajstić information content (AvgIpc) is 2.60. The minimum atomic E-state index is -4.18. The first-order chi connectivity index (χ1) is 12.2. The van der Waals surface area contributed by atoms with Crippen LogP contribution in [0.2, 0.25) is 0 Å². The molecular formula is C18H22FN3O3S. The van der Waals surface area contributed by atoms with Crippen LogP contribution in [0.3, 0.4) is 0 Å². The van der Waals surface area contributed by atoms with E-state index >= 15 is 0 Å². The lowest BCUT2D eigenvalue weighted by Gasteiger charge is -2.24. The maximum atomic E-state index is 13.8. The summed E-state index contributed by atoms with van der Waals surface area (Å²) in [5.41, 5.74) is 0.653. The Labute approximate surface area is 152 Å². The van der Waals surface area contributed by atoms with Crippen LogP contribution in [0.5, 0.6) is 0 Å². The van der Waals surface area contributed by atoms with Gasteiger partial charge in [0.05, 0.1) is 11.7 Å². The van der Waals surface area contributed by atoms with Gasteiger partial charge < -0.3 is 5.32 Å². The van der Waals surface area contributed by atoms with Crippen LogP contribution in [0.15, 0.2) is 53.6 Å². The van der Waals surface area contributed by atoms with Crippen molar-refractivity contribution in [2.24, 2.45) is 5.92 Å². The summed E-state index contributed by atoms with van der Waals surface area (Å²) >= 11 is 0. The van der Waals surface area contributed by atoms with E-state index in [0.29, 0.717) is 5.69 Å². The molecule has 1 aromatic heterocycles. The number of carbonyl (C=O) groups is 1. The number of sulfonamides is 1. The van der Waals surface area contributed by atoms with Gasteiger partial charge >= 0.3 is 0 Å². The van der Waals surface area contributed by atoms with E-state index < -0.39 is 38.7 Å². The third-order valence-electron chi connectivity index (χ3n) is 3.85. The normalized spacial score (nSPS) is 14.0. The molecule has 0 saturated carbocycles. The van der Waals surface area contributed by atoms with Crippen molar-refractivity contribution in [2.75, 3.05) is 0 Å². The van der Waals surface area contributed by atoms with Crippen molar-refractivity contribution in [3.8, 4) is 0 Å². The van der Waals surface area contributed by atoms with Gasteiger partial charge in [0.1, 0.15) is 16.8 Å². The van der Waals surface area contributed by atoms with Gasteiger partial charge in [0.25, 0.3) is 0 Å². The second-order valence-corrected chi connectivity index (χ2v) is 7.94. The number of amides is 1. The lowest BCUT2D eigenvalue weighted by Crippen LogP contribution is -2.50. The van der Waals surface area contributed by atoms with Crippen molar-refractivity contribution >= 4 is 15.9 Å². The van der Waals surface area contributed by atoms with Gasteiger partial charge in [0, 0.05) is 6.20 Å². The molecule has 0 aliphatic heterocycles. The van der Waals surface area contributed by atoms with Gasteiger partial charge in [-0.3, -0.25) is 9.78 Å². The quantitative estimate of drug-likeness (QED) is 0.773. The van der Waals surface area contributed by atoms with Crippen LogP contribution in [-0.4, -0.2) is 25.4 Å². The Morgan fingerprint density at radius 1 is 1.08 bits per heavy atom. The molecule has 0 aliphatic carbocycles. The fourth-order valence-electron chi connectivity index (χ4n) is 2.39. The minimum Gasteiger partial charge on any atom is -0.347 e. The van der Waals surface area contributed by atoms with Crippen LogP contribution >= 0.6 is 0 Å². The largest absolute Gasteiger partial charge is 0.347 e. The minimum absolute atomic E-state index is 0.340. The molecule has 1 amide bonds. The third kappa shape index (κ3) is 4.86. The summed E-state index contributed by atoms with van der Waals surface area (Å²) in [6, 6.07) is 8.91. The Bertz CT molecular complexity index is 857. The number of carbonyl (C=O) groups excluding carboxylic acids is 1. The van der Waals surface area contributed by atoms with E-state index in [4.69, 9.17) is 0 Å². The van der Waals surface area contributed by atoms with Gasteiger partial charge in [-0.15, -0.1) is 0 Å². The number of nitrogens with one attached hydrogen (secondary N) is 2. The number of rotatable bonds is 7.